The molecule has 0 aromatic carbocycles. The number of sulfonamides is 1. The van der Waals surface area contributed by atoms with Crippen molar-refractivity contribution in [3.8, 4) is 0 Å². The monoisotopic (exact) mass is 299 g/mol. The Morgan fingerprint density at radius 1 is 1.55 bits per heavy atom. The van der Waals surface area contributed by atoms with Gasteiger partial charge in [-0.25, -0.2) is 8.42 Å². The highest BCUT2D eigenvalue weighted by atomic mass is 32.2. The van der Waals surface area contributed by atoms with E-state index in [1.807, 2.05) is 0 Å². The molecule has 2 atom stereocenters. The molecule has 1 fully saturated rings. The van der Waals surface area contributed by atoms with E-state index < -0.39 is 27.3 Å². The molecule has 0 radical (unpaired) electrons. The van der Waals surface area contributed by atoms with Crippen LogP contribution in [0, 0.1) is 0 Å². The first kappa shape index (κ1) is 14.9. The van der Waals surface area contributed by atoms with Crippen LogP contribution in [0.25, 0.3) is 0 Å². The van der Waals surface area contributed by atoms with Crippen LogP contribution in [0.3, 0.4) is 0 Å². The molecular weight excluding hydrogens is 282 g/mol. The molecule has 1 saturated heterocycles. The molecule has 2 rings (SSSR count). The average molecular weight is 299 g/mol. The van der Waals surface area contributed by atoms with E-state index in [1.54, 1.807) is 18.2 Å². The molecule has 1 aromatic heterocycles. The first-order valence-corrected chi connectivity index (χ1v) is 7.80. The van der Waals surface area contributed by atoms with Crippen molar-refractivity contribution in [1.82, 2.24) is 14.6 Å². The molecule has 20 heavy (non-hydrogen) atoms. The molecule has 0 aliphatic carbocycles. The van der Waals surface area contributed by atoms with Crippen molar-refractivity contribution in [1.29, 1.82) is 0 Å². The number of carbonyl (C=O) groups is 1. The Hall–Kier alpha value is -1.51. The van der Waals surface area contributed by atoms with Crippen LogP contribution in [0.15, 0.2) is 24.4 Å². The van der Waals surface area contributed by atoms with Crippen molar-refractivity contribution < 1.29 is 18.3 Å². The van der Waals surface area contributed by atoms with E-state index in [9.17, 15) is 13.2 Å². The molecule has 8 heteroatoms. The summed E-state index contributed by atoms with van der Waals surface area (Å²) < 4.78 is 26.3. The summed E-state index contributed by atoms with van der Waals surface area (Å²) >= 11 is 0. The quantitative estimate of drug-likeness (QED) is 0.801. The van der Waals surface area contributed by atoms with E-state index >= 15 is 0 Å². The van der Waals surface area contributed by atoms with Crippen molar-refractivity contribution in [3.05, 3.63) is 30.1 Å². The smallest absolute Gasteiger partial charge is 0.323 e. The van der Waals surface area contributed by atoms with Gasteiger partial charge in [0.15, 0.2) is 0 Å². The summed E-state index contributed by atoms with van der Waals surface area (Å²) in [4.78, 5) is 15.2. The molecule has 0 spiro atoms. The number of aromatic nitrogens is 1. The Morgan fingerprint density at radius 2 is 2.30 bits per heavy atom. The van der Waals surface area contributed by atoms with Gasteiger partial charge in [-0.15, -0.1) is 0 Å². The number of hydrogen-bond donors (Lipinski definition) is 2. The predicted octanol–water partition coefficient (Wildman–Crippen LogP) is -0.169. The summed E-state index contributed by atoms with van der Waals surface area (Å²) in [6.07, 6.45) is 1.52. The second-order valence-corrected chi connectivity index (χ2v) is 6.82. The minimum atomic E-state index is -3.76. The minimum absolute atomic E-state index is 0.115. The standard InChI is InChI=1S/C12H17N3O4S/c1-9(10-4-2-3-5-14-10)20(18,19)15-7-6-13-8-11(15)12(16)17/h2-5,9,11,13H,6-8H2,1H3,(H,16,17)/t9-,11-/m1/s1. The Kier molecular flexibility index (Phi) is 4.36. The maximum atomic E-state index is 12.6. The van der Waals surface area contributed by atoms with Gasteiger partial charge in [0.1, 0.15) is 11.3 Å². The summed E-state index contributed by atoms with van der Waals surface area (Å²) in [5.41, 5.74) is 0.412. The largest absolute Gasteiger partial charge is 0.480 e. The molecule has 1 aromatic rings. The molecule has 7 nitrogen and oxygen atoms in total. The molecule has 0 saturated carbocycles. The maximum absolute atomic E-state index is 12.6. The Morgan fingerprint density at radius 3 is 2.90 bits per heavy atom. The maximum Gasteiger partial charge on any atom is 0.323 e. The van der Waals surface area contributed by atoms with E-state index in [-0.39, 0.29) is 13.1 Å². The summed E-state index contributed by atoms with van der Waals surface area (Å²) in [7, 11) is -3.76. The SMILES string of the molecule is C[C@H](c1ccccn1)S(=O)(=O)N1CCNC[C@@H]1C(=O)O. The fraction of sp³-hybridized carbons (Fsp3) is 0.500. The van der Waals surface area contributed by atoms with Crippen LogP contribution in [0.1, 0.15) is 17.9 Å². The van der Waals surface area contributed by atoms with Gasteiger partial charge in [0.2, 0.25) is 10.0 Å². The second kappa shape index (κ2) is 5.86. The van der Waals surface area contributed by atoms with Gasteiger partial charge < -0.3 is 10.4 Å². The number of rotatable bonds is 4. The van der Waals surface area contributed by atoms with Gasteiger partial charge in [-0.05, 0) is 19.1 Å². The van der Waals surface area contributed by atoms with Crippen LogP contribution in [0.5, 0.6) is 0 Å². The van der Waals surface area contributed by atoms with E-state index in [1.165, 1.54) is 13.1 Å². The average Bonchev–Trinajstić information content (AvgIpc) is 2.47. The highest BCUT2D eigenvalue weighted by Crippen LogP contribution is 2.25. The van der Waals surface area contributed by atoms with Crippen molar-refractivity contribution in [2.75, 3.05) is 19.6 Å². The van der Waals surface area contributed by atoms with Crippen molar-refractivity contribution in [3.63, 3.8) is 0 Å². The highest BCUT2D eigenvalue weighted by molar-refractivity contribution is 7.89. The van der Waals surface area contributed by atoms with Crippen molar-refractivity contribution in [2.24, 2.45) is 0 Å². The number of pyridine rings is 1. The summed E-state index contributed by atoms with van der Waals surface area (Å²) in [5.74, 6) is -1.14. The number of carboxylic acid groups (broad SMARTS) is 1. The van der Waals surface area contributed by atoms with Gasteiger partial charge in [-0.2, -0.15) is 4.31 Å². The Bertz CT molecular complexity index is 576. The zero-order chi connectivity index (χ0) is 14.8. The van der Waals surface area contributed by atoms with Crippen LogP contribution in [-0.4, -0.2) is 54.5 Å². The number of aliphatic carboxylic acids is 1. The Labute approximate surface area is 117 Å². The molecule has 0 bridgehead atoms. The molecule has 2 N–H and O–H groups in total. The molecule has 1 aliphatic heterocycles. The van der Waals surface area contributed by atoms with Crippen molar-refractivity contribution in [2.45, 2.75) is 18.2 Å². The normalized spacial score (nSPS) is 22.4. The third-order valence-corrected chi connectivity index (χ3v) is 5.58. The number of carboxylic acids is 1. The summed E-state index contributed by atoms with van der Waals surface area (Å²) in [6, 6.07) is 3.97. The van der Waals surface area contributed by atoms with E-state index in [4.69, 9.17) is 5.11 Å². The van der Waals surface area contributed by atoms with Gasteiger partial charge in [0, 0.05) is 25.8 Å². The number of nitrogens with zero attached hydrogens (tertiary/aromatic N) is 2. The van der Waals surface area contributed by atoms with Gasteiger partial charge in [0.05, 0.1) is 5.69 Å². The van der Waals surface area contributed by atoms with Crippen LogP contribution in [-0.2, 0) is 14.8 Å². The molecule has 0 unspecified atom stereocenters. The van der Waals surface area contributed by atoms with E-state index in [0.29, 0.717) is 12.2 Å². The third-order valence-electron chi connectivity index (χ3n) is 3.36. The zero-order valence-corrected chi connectivity index (χ0v) is 11.9. The fourth-order valence-corrected chi connectivity index (χ4v) is 3.89. The van der Waals surface area contributed by atoms with Crippen molar-refractivity contribution >= 4 is 16.0 Å². The number of hydrogen-bond acceptors (Lipinski definition) is 5. The lowest BCUT2D eigenvalue weighted by atomic mass is 10.2. The topological polar surface area (TPSA) is 99.6 Å². The summed E-state index contributed by atoms with van der Waals surface area (Å²) in [5, 5.41) is 11.2. The van der Waals surface area contributed by atoms with E-state index in [2.05, 4.69) is 10.3 Å². The predicted molar refractivity (Wildman–Crippen MR) is 72.6 cm³/mol. The Balaban J connectivity index is 2.31. The third kappa shape index (κ3) is 2.82. The van der Waals surface area contributed by atoms with Gasteiger partial charge >= 0.3 is 5.97 Å². The molecular formula is C12H17N3O4S. The number of nitrogens with one attached hydrogen (secondary N) is 1. The van der Waals surface area contributed by atoms with Gasteiger partial charge in [0.25, 0.3) is 0 Å². The molecule has 1 aliphatic rings. The molecule has 2 heterocycles. The zero-order valence-electron chi connectivity index (χ0n) is 11.1. The minimum Gasteiger partial charge on any atom is -0.480 e. The van der Waals surface area contributed by atoms with Crippen LogP contribution < -0.4 is 5.32 Å². The number of piperazine rings is 1. The molecule has 0 amide bonds. The van der Waals surface area contributed by atoms with E-state index in [0.717, 1.165) is 4.31 Å². The lowest BCUT2D eigenvalue weighted by Gasteiger charge is -2.34. The van der Waals surface area contributed by atoms with Crippen LogP contribution >= 0.6 is 0 Å². The van der Waals surface area contributed by atoms with Gasteiger partial charge in [-0.3, -0.25) is 9.78 Å². The van der Waals surface area contributed by atoms with Crippen LogP contribution in [0.4, 0.5) is 0 Å². The fourth-order valence-electron chi connectivity index (χ4n) is 2.17. The first-order valence-electron chi connectivity index (χ1n) is 6.29. The van der Waals surface area contributed by atoms with Crippen LogP contribution in [0.2, 0.25) is 0 Å². The second-order valence-electron chi connectivity index (χ2n) is 4.61. The first-order chi connectivity index (χ1) is 9.44. The summed E-state index contributed by atoms with van der Waals surface area (Å²) in [6.45, 7) is 2.23. The lowest BCUT2D eigenvalue weighted by Crippen LogP contribution is -2.57. The molecule has 110 valence electrons. The highest BCUT2D eigenvalue weighted by Gasteiger charge is 2.40. The lowest BCUT2D eigenvalue weighted by molar-refractivity contribution is -0.141. The van der Waals surface area contributed by atoms with Gasteiger partial charge in [-0.1, -0.05) is 6.07 Å².